The van der Waals surface area contributed by atoms with Gasteiger partial charge in [-0.2, -0.15) is 0 Å². The number of rotatable bonds is 5. The van der Waals surface area contributed by atoms with Gasteiger partial charge in [-0.3, -0.25) is 0 Å². The first kappa shape index (κ1) is 12.9. The topological polar surface area (TPSA) is 61.2 Å². The third-order valence-corrected chi connectivity index (χ3v) is 3.29. The summed E-state index contributed by atoms with van der Waals surface area (Å²) in [5, 5.41) is 11.4. The van der Waals surface area contributed by atoms with E-state index < -0.39 is 0 Å². The van der Waals surface area contributed by atoms with Crippen LogP contribution in [0.5, 0.6) is 0 Å². The molecular formula is C10H17BrN4O2. The van der Waals surface area contributed by atoms with Gasteiger partial charge in [-0.15, -0.1) is 5.10 Å². The highest BCUT2D eigenvalue weighted by Gasteiger charge is 2.26. The lowest BCUT2D eigenvalue weighted by Crippen LogP contribution is -2.28. The van der Waals surface area contributed by atoms with Crippen molar-refractivity contribution in [3.05, 3.63) is 10.3 Å². The first-order valence-corrected chi connectivity index (χ1v) is 6.53. The molecule has 17 heavy (non-hydrogen) atoms. The van der Waals surface area contributed by atoms with Crippen LogP contribution in [0.1, 0.15) is 25.1 Å². The van der Waals surface area contributed by atoms with Crippen molar-refractivity contribution in [3.8, 4) is 0 Å². The number of ether oxygens (including phenoxy) is 2. The summed E-state index contributed by atoms with van der Waals surface area (Å²) in [4.78, 5) is 0. The predicted octanol–water partition coefficient (Wildman–Crippen LogP) is 0.991. The van der Waals surface area contributed by atoms with Gasteiger partial charge in [0.1, 0.15) is 0 Å². The molecular weight excluding hydrogens is 288 g/mol. The summed E-state index contributed by atoms with van der Waals surface area (Å²) in [6, 6.07) is 0.123. The molecule has 1 aromatic heterocycles. The summed E-state index contributed by atoms with van der Waals surface area (Å²) in [7, 11) is 1.88. The average Bonchev–Trinajstić information content (AvgIpc) is 2.89. The van der Waals surface area contributed by atoms with Crippen LogP contribution < -0.4 is 5.32 Å². The van der Waals surface area contributed by atoms with Gasteiger partial charge in [-0.25, -0.2) is 4.68 Å². The Morgan fingerprint density at radius 3 is 2.76 bits per heavy atom. The van der Waals surface area contributed by atoms with Crippen LogP contribution >= 0.6 is 15.9 Å². The summed E-state index contributed by atoms with van der Waals surface area (Å²) in [6.45, 7) is 4.29. The Labute approximate surface area is 109 Å². The zero-order valence-corrected chi connectivity index (χ0v) is 11.6. The minimum absolute atomic E-state index is 0.123. The Hall–Kier alpha value is -0.500. The van der Waals surface area contributed by atoms with Gasteiger partial charge < -0.3 is 14.8 Å². The maximum absolute atomic E-state index is 5.48. The molecule has 1 saturated heterocycles. The Kier molecular flexibility index (Phi) is 4.49. The molecule has 1 aromatic rings. The molecule has 7 heteroatoms. The fourth-order valence-electron chi connectivity index (χ4n) is 1.98. The van der Waals surface area contributed by atoms with E-state index in [4.69, 9.17) is 9.47 Å². The monoisotopic (exact) mass is 304 g/mol. The van der Waals surface area contributed by atoms with Gasteiger partial charge in [0.25, 0.3) is 0 Å². The van der Waals surface area contributed by atoms with E-state index in [9.17, 15) is 0 Å². The second-order valence-corrected chi connectivity index (χ2v) is 4.66. The number of nitrogens with one attached hydrogen (secondary N) is 1. The molecule has 0 aromatic carbocycles. The van der Waals surface area contributed by atoms with Crippen LogP contribution in [-0.4, -0.2) is 41.0 Å². The lowest BCUT2D eigenvalue weighted by molar-refractivity contribution is -0.0534. The van der Waals surface area contributed by atoms with Crippen molar-refractivity contribution < 1.29 is 9.47 Å². The third-order valence-electron chi connectivity index (χ3n) is 2.73. The molecule has 1 aliphatic rings. The van der Waals surface area contributed by atoms with Crippen molar-refractivity contribution in [3.63, 3.8) is 0 Å². The summed E-state index contributed by atoms with van der Waals surface area (Å²) in [5.74, 6) is 0. The number of aromatic nitrogens is 3. The molecule has 2 heterocycles. The maximum Gasteiger partial charge on any atom is 0.159 e. The second-order valence-electron chi connectivity index (χ2n) is 3.91. The van der Waals surface area contributed by atoms with E-state index in [1.165, 1.54) is 0 Å². The molecule has 0 bridgehead atoms. The van der Waals surface area contributed by atoms with E-state index in [-0.39, 0.29) is 12.3 Å². The number of hydrogen-bond acceptors (Lipinski definition) is 5. The maximum atomic E-state index is 5.48. The van der Waals surface area contributed by atoms with E-state index in [1.54, 1.807) is 4.68 Å². The van der Waals surface area contributed by atoms with Crippen molar-refractivity contribution >= 4 is 15.9 Å². The van der Waals surface area contributed by atoms with Crippen LogP contribution in [-0.2, 0) is 16.5 Å². The molecule has 1 aliphatic heterocycles. The molecule has 1 atom stereocenters. The van der Waals surface area contributed by atoms with Crippen molar-refractivity contribution in [2.24, 2.45) is 7.05 Å². The van der Waals surface area contributed by atoms with E-state index in [0.29, 0.717) is 13.2 Å². The van der Waals surface area contributed by atoms with E-state index in [1.807, 2.05) is 7.05 Å². The summed E-state index contributed by atoms with van der Waals surface area (Å²) >= 11 is 3.42. The minimum Gasteiger partial charge on any atom is -0.350 e. The first-order chi connectivity index (χ1) is 8.22. The molecule has 0 amide bonds. The molecule has 0 aliphatic carbocycles. The van der Waals surface area contributed by atoms with E-state index >= 15 is 0 Å². The predicted molar refractivity (Wildman–Crippen MR) is 65.4 cm³/mol. The van der Waals surface area contributed by atoms with Crippen LogP contribution in [0.2, 0.25) is 0 Å². The number of aryl methyl sites for hydroxylation is 1. The lowest BCUT2D eigenvalue weighted by Gasteiger charge is -2.20. The van der Waals surface area contributed by atoms with Crippen LogP contribution in [0.25, 0.3) is 0 Å². The lowest BCUT2D eigenvalue weighted by atomic mass is 10.1. The molecule has 1 N–H and O–H groups in total. The normalized spacial score (nSPS) is 18.8. The van der Waals surface area contributed by atoms with Gasteiger partial charge in [-0.05, 0) is 22.5 Å². The molecule has 1 unspecified atom stereocenters. The molecule has 1 fully saturated rings. The standard InChI is InChI=1S/C10H17BrN4O2/c1-3-12-7(6-8-16-4-5-17-8)9-10(11)13-14-15(9)2/h7-8,12H,3-6H2,1-2H3. The van der Waals surface area contributed by atoms with Gasteiger partial charge in [0.2, 0.25) is 0 Å². The number of nitrogens with zero attached hydrogens (tertiary/aromatic N) is 3. The fraction of sp³-hybridized carbons (Fsp3) is 0.800. The Balaban J connectivity index is 2.10. The van der Waals surface area contributed by atoms with E-state index in [0.717, 1.165) is 23.3 Å². The van der Waals surface area contributed by atoms with Crippen molar-refractivity contribution in [2.45, 2.75) is 25.7 Å². The summed E-state index contributed by atoms with van der Waals surface area (Å²) < 4.78 is 13.5. The summed E-state index contributed by atoms with van der Waals surface area (Å²) in [5.41, 5.74) is 1.02. The molecule has 96 valence electrons. The SMILES string of the molecule is CCNC(CC1OCCO1)c1c(Br)nnn1C. The van der Waals surface area contributed by atoms with Gasteiger partial charge in [0.15, 0.2) is 10.9 Å². The minimum atomic E-state index is -0.138. The van der Waals surface area contributed by atoms with E-state index in [2.05, 4.69) is 38.5 Å². The number of hydrogen-bond donors (Lipinski definition) is 1. The Bertz CT molecular complexity index is 346. The zero-order chi connectivity index (χ0) is 12.3. The highest BCUT2D eigenvalue weighted by molar-refractivity contribution is 9.10. The van der Waals surface area contributed by atoms with Gasteiger partial charge in [-0.1, -0.05) is 12.1 Å². The van der Waals surface area contributed by atoms with Crippen molar-refractivity contribution in [1.82, 2.24) is 20.3 Å². The quantitative estimate of drug-likeness (QED) is 0.879. The molecule has 6 nitrogen and oxygen atoms in total. The van der Waals surface area contributed by atoms with Crippen LogP contribution in [0.15, 0.2) is 4.60 Å². The second kappa shape index (κ2) is 5.90. The molecule has 2 rings (SSSR count). The molecule has 0 saturated carbocycles. The Morgan fingerprint density at radius 1 is 1.53 bits per heavy atom. The molecule has 0 radical (unpaired) electrons. The van der Waals surface area contributed by atoms with Crippen LogP contribution in [0.3, 0.4) is 0 Å². The van der Waals surface area contributed by atoms with Gasteiger partial charge in [0, 0.05) is 13.5 Å². The van der Waals surface area contributed by atoms with Crippen molar-refractivity contribution in [2.75, 3.05) is 19.8 Å². The van der Waals surface area contributed by atoms with Crippen molar-refractivity contribution in [1.29, 1.82) is 0 Å². The number of halogens is 1. The Morgan fingerprint density at radius 2 is 2.24 bits per heavy atom. The molecule has 0 spiro atoms. The largest absolute Gasteiger partial charge is 0.350 e. The fourth-order valence-corrected chi connectivity index (χ4v) is 2.59. The smallest absolute Gasteiger partial charge is 0.159 e. The third kappa shape index (κ3) is 3.04. The highest BCUT2D eigenvalue weighted by Crippen LogP contribution is 2.26. The van der Waals surface area contributed by atoms with Crippen LogP contribution in [0.4, 0.5) is 0 Å². The van der Waals surface area contributed by atoms with Crippen LogP contribution in [0, 0.1) is 0 Å². The summed E-state index contributed by atoms with van der Waals surface area (Å²) in [6.07, 6.45) is 0.619. The first-order valence-electron chi connectivity index (χ1n) is 5.74. The van der Waals surface area contributed by atoms with Gasteiger partial charge >= 0.3 is 0 Å². The zero-order valence-electron chi connectivity index (χ0n) is 10.0. The highest BCUT2D eigenvalue weighted by atomic mass is 79.9. The van der Waals surface area contributed by atoms with Gasteiger partial charge in [0.05, 0.1) is 24.9 Å². The average molecular weight is 305 g/mol.